The number of nitrogens with one attached hydrogen (secondary N) is 2. The number of hydrazone groups is 1. The van der Waals surface area contributed by atoms with E-state index < -0.39 is 26.2 Å². The Morgan fingerprint density at radius 3 is 2.35 bits per heavy atom. The Balaban J connectivity index is 1.52. The van der Waals surface area contributed by atoms with Gasteiger partial charge < -0.3 is 5.11 Å². The topological polar surface area (TPSA) is 156 Å². The van der Waals surface area contributed by atoms with E-state index in [0.29, 0.717) is 21.5 Å². The van der Waals surface area contributed by atoms with Crippen LogP contribution in [0.4, 0.5) is 17.1 Å². The Morgan fingerprint density at radius 2 is 1.67 bits per heavy atom. The molecule has 0 aliphatic rings. The van der Waals surface area contributed by atoms with Crippen LogP contribution in [-0.2, 0) is 10.0 Å². The molecule has 0 unspecified atom stereocenters. The normalized spacial score (nSPS) is 11.6. The third-order valence-electron chi connectivity index (χ3n) is 6.65. The van der Waals surface area contributed by atoms with E-state index in [2.05, 4.69) is 15.2 Å². The van der Waals surface area contributed by atoms with Crippen LogP contribution in [0.15, 0.2) is 99.7 Å². The Morgan fingerprint density at radius 1 is 0.977 bits per heavy atom. The van der Waals surface area contributed by atoms with Gasteiger partial charge in [-0.15, -0.1) is 0 Å². The molecular formula is C30H24ClN5O6S. The fourth-order valence-corrected chi connectivity index (χ4v) is 5.80. The van der Waals surface area contributed by atoms with Crippen molar-refractivity contribution in [2.45, 2.75) is 18.7 Å². The van der Waals surface area contributed by atoms with Crippen LogP contribution in [0.3, 0.4) is 0 Å². The van der Waals surface area contributed by atoms with E-state index >= 15 is 0 Å². The van der Waals surface area contributed by atoms with Crippen molar-refractivity contribution in [1.82, 2.24) is 4.57 Å². The monoisotopic (exact) mass is 617 g/mol. The number of fused-ring (bicyclic) bond motifs is 1. The molecule has 0 bridgehead atoms. The standard InChI is InChI=1S/C30H24ClN5O6S/c1-18-7-14-27(19(2)15-18)35-29(37)24-6-4-3-5-23(24)25(30(35)38)17-32-33-26-13-12-22(16-28(26)36(39)40)43(41,42)34-21-10-8-20(31)9-11-21/h3-17,33-34,38H,1-2H3/b32-17-. The van der Waals surface area contributed by atoms with Gasteiger partial charge in [-0.1, -0.05) is 47.5 Å². The molecule has 0 aliphatic carbocycles. The van der Waals surface area contributed by atoms with Gasteiger partial charge in [-0.2, -0.15) is 5.10 Å². The molecule has 3 N–H and O–H groups in total. The number of nitrogens with zero attached hydrogens (tertiary/aromatic N) is 3. The number of pyridine rings is 1. The predicted molar refractivity (Wildman–Crippen MR) is 167 cm³/mol. The summed E-state index contributed by atoms with van der Waals surface area (Å²) in [4.78, 5) is 24.2. The molecule has 0 radical (unpaired) electrons. The number of nitro benzene ring substituents is 1. The summed E-state index contributed by atoms with van der Waals surface area (Å²) in [5.74, 6) is -0.370. The number of halogens is 1. The first kappa shape index (κ1) is 29.3. The van der Waals surface area contributed by atoms with Crippen LogP contribution in [0.2, 0.25) is 5.02 Å². The van der Waals surface area contributed by atoms with E-state index in [1.165, 1.54) is 47.2 Å². The molecule has 0 saturated heterocycles. The van der Waals surface area contributed by atoms with Gasteiger partial charge >= 0.3 is 0 Å². The maximum Gasteiger partial charge on any atom is 0.295 e. The van der Waals surface area contributed by atoms with E-state index in [9.17, 15) is 28.4 Å². The van der Waals surface area contributed by atoms with Gasteiger partial charge in [0.2, 0.25) is 5.88 Å². The van der Waals surface area contributed by atoms with Gasteiger partial charge in [-0.3, -0.25) is 25.1 Å². The molecule has 0 saturated carbocycles. The Labute approximate surface area is 250 Å². The molecule has 0 aliphatic heterocycles. The highest BCUT2D eigenvalue weighted by atomic mass is 35.5. The summed E-state index contributed by atoms with van der Waals surface area (Å²) in [6.07, 6.45) is 1.24. The van der Waals surface area contributed by atoms with Crippen molar-refractivity contribution in [3.05, 3.63) is 127 Å². The summed E-state index contributed by atoms with van der Waals surface area (Å²) < 4.78 is 29.3. The first-order valence-electron chi connectivity index (χ1n) is 12.8. The van der Waals surface area contributed by atoms with E-state index in [-0.39, 0.29) is 27.7 Å². The summed E-state index contributed by atoms with van der Waals surface area (Å²) in [5.41, 5.74) is 4.15. The average molecular weight is 618 g/mol. The summed E-state index contributed by atoms with van der Waals surface area (Å²) >= 11 is 5.85. The lowest BCUT2D eigenvalue weighted by Crippen LogP contribution is -2.21. The zero-order chi connectivity index (χ0) is 30.9. The van der Waals surface area contributed by atoms with E-state index in [1.807, 2.05) is 26.0 Å². The SMILES string of the molecule is Cc1ccc(-n2c(O)c(/C=N\Nc3ccc(S(=O)(=O)Nc4ccc(Cl)cc4)cc3[N+](=O)[O-])c3ccccc3c2=O)c(C)c1. The van der Waals surface area contributed by atoms with Crippen molar-refractivity contribution in [2.75, 3.05) is 10.1 Å². The minimum Gasteiger partial charge on any atom is -0.494 e. The Kier molecular flexibility index (Phi) is 7.89. The van der Waals surface area contributed by atoms with Gasteiger partial charge in [0.05, 0.1) is 27.3 Å². The predicted octanol–water partition coefficient (Wildman–Crippen LogP) is 6.12. The highest BCUT2D eigenvalue weighted by molar-refractivity contribution is 7.92. The molecule has 13 heteroatoms. The van der Waals surface area contributed by atoms with Gasteiger partial charge in [-0.05, 0) is 67.9 Å². The average Bonchev–Trinajstić information content (AvgIpc) is 2.97. The van der Waals surface area contributed by atoms with Crippen LogP contribution < -0.4 is 15.7 Å². The van der Waals surface area contributed by atoms with Gasteiger partial charge in [0.25, 0.3) is 21.3 Å². The van der Waals surface area contributed by atoms with Crippen LogP contribution in [-0.4, -0.2) is 29.2 Å². The second-order valence-corrected chi connectivity index (χ2v) is 11.8. The van der Waals surface area contributed by atoms with Crippen LogP contribution >= 0.6 is 11.6 Å². The van der Waals surface area contributed by atoms with Crippen molar-refractivity contribution in [3.8, 4) is 11.6 Å². The second kappa shape index (κ2) is 11.6. The lowest BCUT2D eigenvalue weighted by atomic mass is 10.1. The molecule has 0 atom stereocenters. The lowest BCUT2D eigenvalue weighted by Gasteiger charge is -2.16. The van der Waals surface area contributed by atoms with E-state index in [0.717, 1.165) is 17.2 Å². The molecule has 0 fully saturated rings. The molecular weight excluding hydrogens is 594 g/mol. The molecule has 4 aromatic carbocycles. The molecule has 43 heavy (non-hydrogen) atoms. The van der Waals surface area contributed by atoms with Crippen molar-refractivity contribution in [1.29, 1.82) is 0 Å². The number of hydrogen-bond acceptors (Lipinski definition) is 8. The number of benzene rings is 4. The van der Waals surface area contributed by atoms with Crippen molar-refractivity contribution in [2.24, 2.45) is 5.10 Å². The zero-order valence-electron chi connectivity index (χ0n) is 22.8. The molecule has 0 amide bonds. The molecule has 1 heterocycles. The second-order valence-electron chi connectivity index (χ2n) is 9.63. The maximum atomic E-state index is 13.4. The van der Waals surface area contributed by atoms with Crippen LogP contribution in [0.5, 0.6) is 5.88 Å². The van der Waals surface area contributed by atoms with Gasteiger partial charge in [0.1, 0.15) is 5.69 Å². The lowest BCUT2D eigenvalue weighted by molar-refractivity contribution is -0.384. The van der Waals surface area contributed by atoms with Crippen LogP contribution in [0.1, 0.15) is 16.7 Å². The number of sulfonamides is 1. The van der Waals surface area contributed by atoms with Crippen molar-refractivity contribution in [3.63, 3.8) is 0 Å². The van der Waals surface area contributed by atoms with E-state index in [1.54, 1.807) is 30.3 Å². The number of rotatable bonds is 8. The summed E-state index contributed by atoms with van der Waals surface area (Å²) in [6.45, 7) is 3.74. The minimum absolute atomic E-state index is 0.0989. The van der Waals surface area contributed by atoms with Gasteiger partial charge in [0, 0.05) is 27.5 Å². The van der Waals surface area contributed by atoms with E-state index in [4.69, 9.17) is 11.6 Å². The number of aromatic hydroxyl groups is 1. The number of nitro groups is 1. The molecule has 1 aromatic heterocycles. The third kappa shape index (κ3) is 5.92. The third-order valence-corrected chi connectivity index (χ3v) is 8.28. The number of anilines is 2. The minimum atomic E-state index is -4.16. The molecule has 218 valence electrons. The Bertz CT molecular complexity index is 2090. The Hall–Kier alpha value is -5.20. The molecule has 5 aromatic rings. The quantitative estimate of drug-likeness (QED) is 0.108. The van der Waals surface area contributed by atoms with Crippen LogP contribution in [0, 0.1) is 24.0 Å². The summed E-state index contributed by atoms with van der Waals surface area (Å²) in [5, 5.41) is 28.4. The van der Waals surface area contributed by atoms with Gasteiger partial charge in [0.15, 0.2) is 0 Å². The first-order chi connectivity index (χ1) is 20.5. The van der Waals surface area contributed by atoms with Crippen LogP contribution in [0.25, 0.3) is 16.5 Å². The zero-order valence-corrected chi connectivity index (χ0v) is 24.3. The highest BCUT2D eigenvalue weighted by Crippen LogP contribution is 2.30. The van der Waals surface area contributed by atoms with Crippen molar-refractivity contribution >= 4 is 55.7 Å². The molecule has 11 nitrogen and oxygen atoms in total. The fourth-order valence-electron chi connectivity index (χ4n) is 4.59. The fraction of sp³-hybridized carbons (Fsp3) is 0.0667. The molecule has 5 rings (SSSR count). The number of aryl methyl sites for hydroxylation is 2. The maximum absolute atomic E-state index is 13.4. The van der Waals surface area contributed by atoms with Crippen molar-refractivity contribution < 1.29 is 18.4 Å². The number of hydrogen-bond donors (Lipinski definition) is 3. The number of aromatic nitrogens is 1. The molecule has 0 spiro atoms. The smallest absolute Gasteiger partial charge is 0.295 e. The summed E-state index contributed by atoms with van der Waals surface area (Å²) in [7, 11) is -4.16. The largest absolute Gasteiger partial charge is 0.494 e. The van der Waals surface area contributed by atoms with Gasteiger partial charge in [-0.25, -0.2) is 13.0 Å². The highest BCUT2D eigenvalue weighted by Gasteiger charge is 2.22. The summed E-state index contributed by atoms with van der Waals surface area (Å²) in [6, 6.07) is 21.4. The first-order valence-corrected chi connectivity index (χ1v) is 14.6.